The number of aryl methyl sites for hydroxylation is 2. The summed E-state index contributed by atoms with van der Waals surface area (Å²) in [5.41, 5.74) is 6.34. The first-order chi connectivity index (χ1) is 4.77. The Kier molecular flexibility index (Phi) is 2.06. The van der Waals surface area contributed by atoms with Crippen LogP contribution in [0.4, 0.5) is 0 Å². The molecular formula is C7H12N2O. The number of hydrogen-bond donors (Lipinski definition) is 1. The van der Waals surface area contributed by atoms with E-state index in [0.717, 1.165) is 17.9 Å². The summed E-state index contributed by atoms with van der Waals surface area (Å²) < 4.78 is 5.22. The standard InChI is InChI=1S/C7H12N2O/c1-3-6-5(2)10-7(4-8)9-6/h3-4,8H2,1-2H3. The molecule has 1 rings (SSSR count). The second-order valence-corrected chi connectivity index (χ2v) is 2.17. The van der Waals surface area contributed by atoms with Gasteiger partial charge in [-0.15, -0.1) is 0 Å². The molecule has 0 radical (unpaired) electrons. The molecule has 0 amide bonds. The second kappa shape index (κ2) is 2.84. The van der Waals surface area contributed by atoms with E-state index >= 15 is 0 Å². The Balaban J connectivity index is 2.92. The molecular weight excluding hydrogens is 128 g/mol. The van der Waals surface area contributed by atoms with Crippen LogP contribution in [0.2, 0.25) is 0 Å². The van der Waals surface area contributed by atoms with E-state index in [9.17, 15) is 0 Å². The largest absolute Gasteiger partial charge is 0.444 e. The van der Waals surface area contributed by atoms with Gasteiger partial charge in [-0.3, -0.25) is 0 Å². The molecule has 0 aromatic carbocycles. The van der Waals surface area contributed by atoms with Gasteiger partial charge in [0, 0.05) is 0 Å². The molecule has 1 aromatic rings. The van der Waals surface area contributed by atoms with Crippen molar-refractivity contribution in [3.8, 4) is 0 Å². The van der Waals surface area contributed by atoms with Crippen molar-refractivity contribution in [1.29, 1.82) is 0 Å². The highest BCUT2D eigenvalue weighted by Crippen LogP contribution is 2.08. The Morgan fingerprint density at radius 2 is 2.30 bits per heavy atom. The Labute approximate surface area is 60.2 Å². The first-order valence-corrected chi connectivity index (χ1v) is 3.43. The van der Waals surface area contributed by atoms with Crippen molar-refractivity contribution < 1.29 is 4.42 Å². The van der Waals surface area contributed by atoms with E-state index in [1.54, 1.807) is 0 Å². The highest BCUT2D eigenvalue weighted by atomic mass is 16.4. The van der Waals surface area contributed by atoms with E-state index in [-0.39, 0.29) is 0 Å². The molecule has 0 bridgehead atoms. The van der Waals surface area contributed by atoms with E-state index in [1.807, 2.05) is 13.8 Å². The van der Waals surface area contributed by atoms with Gasteiger partial charge in [0.1, 0.15) is 5.76 Å². The van der Waals surface area contributed by atoms with E-state index in [2.05, 4.69) is 4.98 Å². The Morgan fingerprint density at radius 3 is 2.60 bits per heavy atom. The zero-order valence-corrected chi connectivity index (χ0v) is 6.35. The van der Waals surface area contributed by atoms with Gasteiger partial charge in [0.15, 0.2) is 0 Å². The molecule has 0 aliphatic rings. The van der Waals surface area contributed by atoms with Crippen LogP contribution in [0, 0.1) is 6.92 Å². The summed E-state index contributed by atoms with van der Waals surface area (Å²) in [7, 11) is 0. The maximum Gasteiger partial charge on any atom is 0.208 e. The molecule has 1 heterocycles. The zero-order chi connectivity index (χ0) is 7.56. The third kappa shape index (κ3) is 1.19. The summed E-state index contributed by atoms with van der Waals surface area (Å²) in [4.78, 5) is 4.16. The molecule has 0 unspecified atom stereocenters. The van der Waals surface area contributed by atoms with E-state index in [1.165, 1.54) is 0 Å². The van der Waals surface area contributed by atoms with Crippen molar-refractivity contribution in [3.63, 3.8) is 0 Å². The molecule has 2 N–H and O–H groups in total. The smallest absolute Gasteiger partial charge is 0.208 e. The Hall–Kier alpha value is -0.830. The zero-order valence-electron chi connectivity index (χ0n) is 6.35. The van der Waals surface area contributed by atoms with Gasteiger partial charge >= 0.3 is 0 Å². The second-order valence-electron chi connectivity index (χ2n) is 2.17. The van der Waals surface area contributed by atoms with Crippen molar-refractivity contribution in [1.82, 2.24) is 4.98 Å². The molecule has 0 aliphatic carbocycles. The Morgan fingerprint density at radius 1 is 1.60 bits per heavy atom. The van der Waals surface area contributed by atoms with Crippen LogP contribution in [0.5, 0.6) is 0 Å². The molecule has 10 heavy (non-hydrogen) atoms. The van der Waals surface area contributed by atoms with Gasteiger partial charge in [0.2, 0.25) is 5.89 Å². The minimum absolute atomic E-state index is 0.390. The lowest BCUT2D eigenvalue weighted by atomic mass is 10.3. The lowest BCUT2D eigenvalue weighted by Gasteiger charge is -1.83. The predicted molar refractivity (Wildman–Crippen MR) is 38.5 cm³/mol. The molecule has 1 aromatic heterocycles. The van der Waals surface area contributed by atoms with Crippen LogP contribution in [-0.2, 0) is 13.0 Å². The maximum atomic E-state index is 5.33. The van der Waals surface area contributed by atoms with Crippen LogP contribution in [0.15, 0.2) is 4.42 Å². The summed E-state index contributed by atoms with van der Waals surface area (Å²) in [6, 6.07) is 0. The third-order valence-electron chi connectivity index (χ3n) is 1.45. The summed E-state index contributed by atoms with van der Waals surface area (Å²) in [5, 5.41) is 0. The average molecular weight is 140 g/mol. The van der Waals surface area contributed by atoms with Crippen molar-refractivity contribution >= 4 is 0 Å². The van der Waals surface area contributed by atoms with Crippen molar-refractivity contribution in [2.45, 2.75) is 26.8 Å². The quantitative estimate of drug-likeness (QED) is 0.666. The summed E-state index contributed by atoms with van der Waals surface area (Å²) >= 11 is 0. The van der Waals surface area contributed by atoms with Gasteiger partial charge in [0.25, 0.3) is 0 Å². The highest BCUT2D eigenvalue weighted by Gasteiger charge is 2.04. The number of nitrogens with zero attached hydrogens (tertiary/aromatic N) is 1. The van der Waals surface area contributed by atoms with Crippen LogP contribution in [0.25, 0.3) is 0 Å². The molecule has 0 spiro atoms. The minimum atomic E-state index is 0.390. The maximum absolute atomic E-state index is 5.33. The fourth-order valence-electron chi connectivity index (χ4n) is 0.903. The predicted octanol–water partition coefficient (Wildman–Crippen LogP) is 1.00. The van der Waals surface area contributed by atoms with Crippen LogP contribution in [0.3, 0.4) is 0 Å². The Bertz CT molecular complexity index is 217. The molecule has 0 saturated heterocycles. The normalized spacial score (nSPS) is 10.3. The van der Waals surface area contributed by atoms with Crippen molar-refractivity contribution in [3.05, 3.63) is 17.3 Å². The molecule has 3 heteroatoms. The summed E-state index contributed by atoms with van der Waals surface area (Å²) in [5.74, 6) is 1.53. The van der Waals surface area contributed by atoms with E-state index in [4.69, 9.17) is 10.2 Å². The summed E-state index contributed by atoms with van der Waals surface area (Å²) in [6.45, 7) is 4.34. The van der Waals surface area contributed by atoms with Gasteiger partial charge < -0.3 is 10.2 Å². The van der Waals surface area contributed by atoms with Crippen LogP contribution < -0.4 is 5.73 Å². The number of oxazole rings is 1. The van der Waals surface area contributed by atoms with E-state index < -0.39 is 0 Å². The first kappa shape index (κ1) is 7.28. The van der Waals surface area contributed by atoms with Crippen molar-refractivity contribution in [2.75, 3.05) is 0 Å². The fourth-order valence-corrected chi connectivity index (χ4v) is 0.903. The molecule has 0 fully saturated rings. The SMILES string of the molecule is CCc1nc(CN)oc1C. The molecule has 0 aliphatic heterocycles. The number of aromatic nitrogens is 1. The topological polar surface area (TPSA) is 52.0 Å². The average Bonchev–Trinajstić information content (AvgIpc) is 2.30. The third-order valence-corrected chi connectivity index (χ3v) is 1.45. The fraction of sp³-hybridized carbons (Fsp3) is 0.571. The van der Waals surface area contributed by atoms with Gasteiger partial charge in [-0.25, -0.2) is 4.98 Å². The van der Waals surface area contributed by atoms with Gasteiger partial charge in [-0.2, -0.15) is 0 Å². The van der Waals surface area contributed by atoms with Crippen molar-refractivity contribution in [2.24, 2.45) is 5.73 Å². The summed E-state index contributed by atoms with van der Waals surface area (Å²) in [6.07, 6.45) is 0.912. The number of rotatable bonds is 2. The highest BCUT2D eigenvalue weighted by molar-refractivity contribution is 5.07. The molecule has 0 saturated carbocycles. The lowest BCUT2D eigenvalue weighted by Crippen LogP contribution is -1.95. The van der Waals surface area contributed by atoms with Gasteiger partial charge in [-0.05, 0) is 13.3 Å². The number of nitrogens with two attached hydrogens (primary N) is 1. The molecule has 0 atom stereocenters. The van der Waals surface area contributed by atoms with E-state index in [0.29, 0.717) is 12.4 Å². The van der Waals surface area contributed by atoms with Gasteiger partial charge in [0.05, 0.1) is 12.2 Å². The monoisotopic (exact) mass is 140 g/mol. The molecule has 3 nitrogen and oxygen atoms in total. The number of hydrogen-bond acceptors (Lipinski definition) is 3. The van der Waals surface area contributed by atoms with Crippen LogP contribution in [0.1, 0.15) is 24.3 Å². The van der Waals surface area contributed by atoms with Crippen LogP contribution in [-0.4, -0.2) is 4.98 Å². The molecule has 56 valence electrons. The lowest BCUT2D eigenvalue weighted by molar-refractivity contribution is 0.472. The van der Waals surface area contributed by atoms with Crippen LogP contribution >= 0.6 is 0 Å². The first-order valence-electron chi connectivity index (χ1n) is 3.43. The minimum Gasteiger partial charge on any atom is -0.444 e. The van der Waals surface area contributed by atoms with Gasteiger partial charge in [-0.1, -0.05) is 6.92 Å².